The molecule has 2 aromatic rings. The Morgan fingerprint density at radius 1 is 1.15 bits per heavy atom. The predicted octanol–water partition coefficient (Wildman–Crippen LogP) is 4.33. The summed E-state index contributed by atoms with van der Waals surface area (Å²) in [6.07, 6.45) is 1.59. The van der Waals surface area contributed by atoms with Gasteiger partial charge in [0.05, 0.1) is 31.4 Å². The number of aliphatic hydroxyl groups excluding tert-OH is 1. The van der Waals surface area contributed by atoms with Crippen LogP contribution >= 0.6 is 0 Å². The molecule has 1 N–H and O–H groups in total. The Kier molecular flexibility index (Phi) is 7.22. The van der Waals surface area contributed by atoms with E-state index in [1.165, 1.54) is 4.90 Å². The summed E-state index contributed by atoms with van der Waals surface area (Å²) in [7, 11) is 1.54. The van der Waals surface area contributed by atoms with Crippen molar-refractivity contribution >= 4 is 17.4 Å². The molecule has 2 heterocycles. The predicted molar refractivity (Wildman–Crippen MR) is 128 cm³/mol. The summed E-state index contributed by atoms with van der Waals surface area (Å²) in [5.74, 6) is 0.00471. The number of rotatable bonds is 8. The van der Waals surface area contributed by atoms with Crippen LogP contribution in [0.2, 0.25) is 0 Å². The average molecular weight is 466 g/mol. The van der Waals surface area contributed by atoms with Gasteiger partial charge in [-0.2, -0.15) is 0 Å². The van der Waals surface area contributed by atoms with Gasteiger partial charge in [-0.05, 0) is 49.1 Å². The smallest absolute Gasteiger partial charge is 0.295 e. The molecule has 4 rings (SSSR count). The van der Waals surface area contributed by atoms with Crippen molar-refractivity contribution in [1.82, 2.24) is 4.90 Å². The van der Waals surface area contributed by atoms with Gasteiger partial charge in [0.1, 0.15) is 17.3 Å². The van der Waals surface area contributed by atoms with Crippen LogP contribution in [0.1, 0.15) is 43.9 Å². The number of hydrogen-bond acceptors (Lipinski definition) is 6. The maximum Gasteiger partial charge on any atom is 0.295 e. The fraction of sp³-hybridized carbons (Fsp3) is 0.407. The van der Waals surface area contributed by atoms with Crippen molar-refractivity contribution in [2.45, 2.75) is 38.8 Å². The quantitative estimate of drug-likeness (QED) is 0.355. The van der Waals surface area contributed by atoms with Crippen LogP contribution in [0, 0.1) is 5.92 Å². The molecule has 0 aliphatic carbocycles. The molecule has 2 saturated heterocycles. The van der Waals surface area contributed by atoms with E-state index >= 15 is 0 Å². The number of ketones is 1. The Bertz CT molecular complexity index is 1070. The highest BCUT2D eigenvalue weighted by molar-refractivity contribution is 6.46. The van der Waals surface area contributed by atoms with Crippen LogP contribution in [0.15, 0.2) is 54.1 Å². The molecule has 2 aliphatic rings. The first kappa shape index (κ1) is 23.8. The van der Waals surface area contributed by atoms with Crippen molar-refractivity contribution in [3.05, 3.63) is 65.2 Å². The molecule has 2 fully saturated rings. The standard InChI is InChI=1S/C27H31NO6/c1-17(2)16-34-19-12-10-18(11-13-19)25(29)23-24(21-8-4-5-9-22(21)32-3)28(27(31)26(23)30)15-20-7-6-14-33-20/h4-5,8-13,17,20,24,29H,6-7,14-16H2,1-3H3/b25-23-. The number of methoxy groups -OCH3 is 1. The van der Waals surface area contributed by atoms with Gasteiger partial charge in [-0.25, -0.2) is 0 Å². The minimum atomic E-state index is -0.780. The van der Waals surface area contributed by atoms with Crippen LogP contribution in [0.3, 0.4) is 0 Å². The molecule has 2 aromatic carbocycles. The molecule has 2 unspecified atom stereocenters. The second-order valence-electron chi connectivity index (χ2n) is 9.06. The maximum atomic E-state index is 13.2. The fourth-order valence-electron chi connectivity index (χ4n) is 4.42. The molecule has 7 heteroatoms. The minimum absolute atomic E-state index is 0.0448. The van der Waals surface area contributed by atoms with Crippen molar-refractivity contribution in [2.24, 2.45) is 5.92 Å². The molecular formula is C27H31NO6. The largest absolute Gasteiger partial charge is 0.507 e. The molecule has 0 radical (unpaired) electrons. The number of hydrogen-bond donors (Lipinski definition) is 1. The monoisotopic (exact) mass is 465 g/mol. The Morgan fingerprint density at radius 3 is 2.53 bits per heavy atom. The Morgan fingerprint density at radius 2 is 1.88 bits per heavy atom. The zero-order valence-electron chi connectivity index (χ0n) is 19.8. The molecule has 2 atom stereocenters. The van der Waals surface area contributed by atoms with Gasteiger partial charge < -0.3 is 24.2 Å². The summed E-state index contributed by atoms with van der Waals surface area (Å²) in [5, 5.41) is 11.3. The van der Waals surface area contributed by atoms with Crippen LogP contribution < -0.4 is 9.47 Å². The number of para-hydroxylation sites is 1. The van der Waals surface area contributed by atoms with E-state index in [0.717, 1.165) is 12.8 Å². The number of benzene rings is 2. The first-order valence-electron chi connectivity index (χ1n) is 11.7. The van der Waals surface area contributed by atoms with E-state index in [9.17, 15) is 14.7 Å². The lowest BCUT2D eigenvalue weighted by Crippen LogP contribution is -2.36. The zero-order valence-corrected chi connectivity index (χ0v) is 19.8. The minimum Gasteiger partial charge on any atom is -0.507 e. The number of nitrogens with zero attached hydrogens (tertiary/aromatic N) is 1. The summed E-state index contributed by atoms with van der Waals surface area (Å²) < 4.78 is 17.0. The van der Waals surface area contributed by atoms with E-state index in [2.05, 4.69) is 13.8 Å². The lowest BCUT2D eigenvalue weighted by Gasteiger charge is -2.28. The molecule has 0 spiro atoms. The van der Waals surface area contributed by atoms with E-state index in [0.29, 0.717) is 41.8 Å². The first-order valence-corrected chi connectivity index (χ1v) is 11.7. The van der Waals surface area contributed by atoms with Crippen LogP contribution in [-0.2, 0) is 14.3 Å². The summed E-state index contributed by atoms with van der Waals surface area (Å²) in [6, 6.07) is 13.3. The molecule has 7 nitrogen and oxygen atoms in total. The summed E-state index contributed by atoms with van der Waals surface area (Å²) in [5.41, 5.74) is 1.12. The third-order valence-corrected chi connectivity index (χ3v) is 6.11. The van der Waals surface area contributed by atoms with Gasteiger partial charge in [-0.1, -0.05) is 32.0 Å². The third kappa shape index (κ3) is 4.80. The van der Waals surface area contributed by atoms with E-state index in [1.54, 1.807) is 37.4 Å². The van der Waals surface area contributed by atoms with Crippen LogP contribution in [-0.4, -0.2) is 54.7 Å². The molecule has 34 heavy (non-hydrogen) atoms. The number of amides is 1. The van der Waals surface area contributed by atoms with Crippen molar-refractivity contribution in [2.75, 3.05) is 26.9 Å². The van der Waals surface area contributed by atoms with E-state index in [-0.39, 0.29) is 24.0 Å². The van der Waals surface area contributed by atoms with E-state index in [1.807, 2.05) is 18.2 Å². The Balaban J connectivity index is 1.75. The lowest BCUT2D eigenvalue weighted by atomic mass is 9.94. The number of carbonyl (C=O) groups is 2. The maximum absolute atomic E-state index is 13.2. The molecule has 0 bridgehead atoms. The number of aliphatic hydroxyl groups is 1. The lowest BCUT2D eigenvalue weighted by molar-refractivity contribution is -0.140. The van der Waals surface area contributed by atoms with E-state index < -0.39 is 17.7 Å². The molecule has 0 aromatic heterocycles. The van der Waals surface area contributed by atoms with Gasteiger partial charge in [0.25, 0.3) is 11.7 Å². The van der Waals surface area contributed by atoms with Gasteiger partial charge in [0.15, 0.2) is 0 Å². The number of ether oxygens (including phenoxy) is 3. The highest BCUT2D eigenvalue weighted by atomic mass is 16.5. The van der Waals surface area contributed by atoms with Gasteiger partial charge in [0, 0.05) is 24.3 Å². The highest BCUT2D eigenvalue weighted by Gasteiger charge is 2.47. The number of likely N-dealkylation sites (tertiary alicyclic amines) is 1. The van der Waals surface area contributed by atoms with Crippen molar-refractivity contribution < 1.29 is 28.9 Å². The van der Waals surface area contributed by atoms with Gasteiger partial charge in [-0.15, -0.1) is 0 Å². The topological polar surface area (TPSA) is 85.3 Å². The Hall–Kier alpha value is -3.32. The summed E-state index contributed by atoms with van der Waals surface area (Å²) in [4.78, 5) is 27.9. The normalized spacial score (nSPS) is 21.9. The van der Waals surface area contributed by atoms with Crippen molar-refractivity contribution in [3.63, 3.8) is 0 Å². The van der Waals surface area contributed by atoms with Crippen molar-refractivity contribution in [1.29, 1.82) is 0 Å². The third-order valence-electron chi connectivity index (χ3n) is 6.11. The number of Topliss-reactive ketones (excluding diaryl/α,β-unsaturated/α-hetero) is 1. The van der Waals surface area contributed by atoms with Gasteiger partial charge in [0.2, 0.25) is 0 Å². The average Bonchev–Trinajstić information content (AvgIpc) is 3.45. The zero-order chi connectivity index (χ0) is 24.2. The van der Waals surface area contributed by atoms with Crippen molar-refractivity contribution in [3.8, 4) is 11.5 Å². The molecule has 1 amide bonds. The van der Waals surface area contributed by atoms with E-state index in [4.69, 9.17) is 14.2 Å². The van der Waals surface area contributed by atoms with Crippen LogP contribution in [0.25, 0.3) is 5.76 Å². The molecule has 0 saturated carbocycles. The summed E-state index contributed by atoms with van der Waals surface area (Å²) in [6.45, 7) is 5.61. The Labute approximate surface area is 199 Å². The molecular weight excluding hydrogens is 434 g/mol. The SMILES string of the molecule is COc1ccccc1C1/C(=C(/O)c2ccc(OCC(C)C)cc2)C(=O)C(=O)N1CC1CCCO1. The van der Waals surface area contributed by atoms with Gasteiger partial charge in [-0.3, -0.25) is 9.59 Å². The highest BCUT2D eigenvalue weighted by Crippen LogP contribution is 2.43. The second-order valence-corrected chi connectivity index (χ2v) is 9.06. The van der Waals surface area contributed by atoms with Crippen LogP contribution in [0.5, 0.6) is 11.5 Å². The fourth-order valence-corrected chi connectivity index (χ4v) is 4.42. The van der Waals surface area contributed by atoms with Gasteiger partial charge >= 0.3 is 0 Å². The molecule has 180 valence electrons. The van der Waals surface area contributed by atoms with Crippen LogP contribution in [0.4, 0.5) is 0 Å². The second kappa shape index (κ2) is 10.3. The first-order chi connectivity index (χ1) is 16.4. The molecule has 2 aliphatic heterocycles. The summed E-state index contributed by atoms with van der Waals surface area (Å²) >= 11 is 0. The number of carbonyl (C=O) groups excluding carboxylic acids is 2.